The van der Waals surface area contributed by atoms with Gasteiger partial charge in [-0.2, -0.15) is 0 Å². The van der Waals surface area contributed by atoms with E-state index < -0.39 is 7.75 Å². The molecule has 3 aromatic carbocycles. The molecule has 0 atom stereocenters. The van der Waals surface area contributed by atoms with Gasteiger partial charge in [0.05, 0.1) is 5.69 Å². The zero-order valence-electron chi connectivity index (χ0n) is 13.2. The van der Waals surface area contributed by atoms with E-state index in [2.05, 4.69) is 27.7 Å². The van der Waals surface area contributed by atoms with E-state index in [1.165, 1.54) is 0 Å². The average Bonchev–Trinajstić information content (AvgIpc) is 2.61. The van der Waals surface area contributed by atoms with Crippen LogP contribution in [0.1, 0.15) is 0 Å². The fourth-order valence-corrected chi connectivity index (χ4v) is 4.44. The van der Waals surface area contributed by atoms with Crippen LogP contribution in [0.4, 0.5) is 5.69 Å². The Morgan fingerprint density at radius 1 is 0.769 bits per heavy atom. The molecule has 1 N–H and O–H groups in total. The van der Waals surface area contributed by atoms with E-state index in [9.17, 15) is 4.57 Å². The first-order valence-electron chi connectivity index (χ1n) is 7.47. The van der Waals surface area contributed by atoms with Crippen LogP contribution in [-0.4, -0.2) is 0 Å². The third-order valence-electron chi connectivity index (χ3n) is 3.21. The summed E-state index contributed by atoms with van der Waals surface area (Å²) in [5.41, 5.74) is 0.638. The van der Waals surface area contributed by atoms with Gasteiger partial charge in [0.1, 0.15) is 11.5 Å². The van der Waals surface area contributed by atoms with Crippen LogP contribution in [0.25, 0.3) is 0 Å². The molecule has 3 aromatic rings. The molecule has 0 fully saturated rings. The molecule has 0 radical (unpaired) electrons. The average molecular weight is 520 g/mol. The smallest absolute Gasteiger partial charge is 0.400 e. The van der Waals surface area contributed by atoms with Crippen molar-refractivity contribution in [3.05, 3.63) is 86.4 Å². The zero-order chi connectivity index (χ0) is 18.6. The minimum absolute atomic E-state index is 0.366. The highest BCUT2D eigenvalue weighted by Crippen LogP contribution is 2.49. The normalized spacial score (nSPS) is 11.0. The fraction of sp³-hybridized carbons (Fsp3) is 0. The van der Waals surface area contributed by atoms with Gasteiger partial charge in [-0.25, -0.2) is 4.57 Å². The SMILES string of the molecule is O=P(Nc1ccccc1I)(Oc1ccc(Cl)cc1)Oc1ccc(Cl)cc1. The topological polar surface area (TPSA) is 47.6 Å². The van der Waals surface area contributed by atoms with Crippen LogP contribution in [0.3, 0.4) is 0 Å². The summed E-state index contributed by atoms with van der Waals surface area (Å²) in [6, 6.07) is 20.5. The van der Waals surface area contributed by atoms with Crippen molar-refractivity contribution in [3.63, 3.8) is 0 Å². The van der Waals surface area contributed by atoms with Crippen LogP contribution < -0.4 is 14.1 Å². The molecule has 134 valence electrons. The number of nitrogens with one attached hydrogen (secondary N) is 1. The van der Waals surface area contributed by atoms with Crippen LogP contribution in [-0.2, 0) is 4.57 Å². The molecule has 0 bridgehead atoms. The van der Waals surface area contributed by atoms with Crippen LogP contribution in [0.5, 0.6) is 11.5 Å². The summed E-state index contributed by atoms with van der Waals surface area (Å²) in [5, 5.41) is 3.99. The largest absolute Gasteiger partial charge is 0.541 e. The van der Waals surface area contributed by atoms with E-state index in [0.29, 0.717) is 27.2 Å². The lowest BCUT2D eigenvalue weighted by molar-refractivity contribution is 0.393. The molecule has 8 heteroatoms. The second kappa shape index (κ2) is 8.53. The first kappa shape index (κ1) is 19.4. The Balaban J connectivity index is 1.91. The van der Waals surface area contributed by atoms with Crippen molar-refractivity contribution in [2.75, 3.05) is 5.09 Å². The number of benzene rings is 3. The third-order valence-corrected chi connectivity index (χ3v) is 6.07. The molecule has 3 rings (SSSR count). The van der Waals surface area contributed by atoms with Crippen molar-refractivity contribution in [2.45, 2.75) is 0 Å². The van der Waals surface area contributed by atoms with Gasteiger partial charge >= 0.3 is 7.75 Å². The van der Waals surface area contributed by atoms with Crippen molar-refractivity contribution < 1.29 is 13.6 Å². The highest BCUT2D eigenvalue weighted by Gasteiger charge is 2.29. The molecule has 0 saturated heterocycles. The molecule has 0 aromatic heterocycles. The van der Waals surface area contributed by atoms with Gasteiger partial charge in [0.2, 0.25) is 0 Å². The molecule has 0 heterocycles. The van der Waals surface area contributed by atoms with Crippen molar-refractivity contribution in [1.82, 2.24) is 0 Å². The highest BCUT2D eigenvalue weighted by molar-refractivity contribution is 14.1. The Morgan fingerprint density at radius 2 is 1.23 bits per heavy atom. The number of rotatable bonds is 6. The van der Waals surface area contributed by atoms with Crippen LogP contribution in [0, 0.1) is 3.57 Å². The Kier molecular flexibility index (Phi) is 6.35. The van der Waals surface area contributed by atoms with E-state index in [-0.39, 0.29) is 0 Å². The summed E-state index contributed by atoms with van der Waals surface area (Å²) in [6.45, 7) is 0. The quantitative estimate of drug-likeness (QED) is 0.274. The summed E-state index contributed by atoms with van der Waals surface area (Å²) in [5.74, 6) is 0.732. The monoisotopic (exact) mass is 519 g/mol. The van der Waals surface area contributed by atoms with Crippen molar-refractivity contribution >= 4 is 59.2 Å². The van der Waals surface area contributed by atoms with Crippen LogP contribution in [0.2, 0.25) is 10.0 Å². The first-order valence-corrected chi connectivity index (χ1v) is 10.8. The van der Waals surface area contributed by atoms with Gasteiger partial charge < -0.3 is 9.05 Å². The first-order chi connectivity index (χ1) is 12.4. The lowest BCUT2D eigenvalue weighted by Crippen LogP contribution is -2.10. The second-order valence-electron chi connectivity index (χ2n) is 5.18. The van der Waals surface area contributed by atoms with Crippen molar-refractivity contribution in [1.29, 1.82) is 0 Å². The number of anilines is 1. The highest BCUT2D eigenvalue weighted by atomic mass is 127. The Morgan fingerprint density at radius 3 is 1.69 bits per heavy atom. The number of halogens is 3. The standard InChI is InChI=1S/C18H13Cl2INO3P/c19-13-5-9-15(10-6-13)24-26(23,22-18-4-2-1-3-17(18)21)25-16-11-7-14(20)8-12-16/h1-12H,(H,22,23). The van der Waals surface area contributed by atoms with E-state index >= 15 is 0 Å². The van der Waals surface area contributed by atoms with Gasteiger partial charge in [0, 0.05) is 13.6 Å². The maximum Gasteiger partial charge on any atom is 0.541 e. The van der Waals surface area contributed by atoms with Gasteiger partial charge in [-0.3, -0.25) is 5.09 Å². The van der Waals surface area contributed by atoms with Gasteiger partial charge in [-0.1, -0.05) is 35.3 Å². The molecule has 0 amide bonds. The molecule has 0 saturated carbocycles. The van der Waals surface area contributed by atoms with Gasteiger partial charge in [0.15, 0.2) is 0 Å². The molecule has 26 heavy (non-hydrogen) atoms. The summed E-state index contributed by atoms with van der Waals surface area (Å²) >= 11 is 13.9. The second-order valence-corrected chi connectivity index (χ2v) is 8.80. The fourth-order valence-electron chi connectivity index (χ4n) is 2.03. The Hall–Kier alpha value is -1.40. The predicted octanol–water partition coefficient (Wildman–Crippen LogP) is 7.28. The molecular formula is C18H13Cl2INO3P. The number of hydrogen-bond donors (Lipinski definition) is 1. The predicted molar refractivity (Wildman–Crippen MR) is 115 cm³/mol. The molecule has 4 nitrogen and oxygen atoms in total. The molecule has 0 aliphatic carbocycles. The molecule has 0 aliphatic heterocycles. The van der Waals surface area contributed by atoms with E-state index in [1.54, 1.807) is 54.6 Å². The summed E-state index contributed by atoms with van der Waals surface area (Å²) in [4.78, 5) is 0. The lowest BCUT2D eigenvalue weighted by Gasteiger charge is -2.21. The minimum Gasteiger partial charge on any atom is -0.400 e. The van der Waals surface area contributed by atoms with Crippen LogP contribution >= 0.6 is 53.5 Å². The van der Waals surface area contributed by atoms with Gasteiger partial charge in [-0.05, 0) is 83.3 Å². The number of hydrogen-bond acceptors (Lipinski definition) is 3. The maximum absolute atomic E-state index is 13.4. The molecule has 0 spiro atoms. The van der Waals surface area contributed by atoms with Crippen molar-refractivity contribution in [2.24, 2.45) is 0 Å². The molecular weight excluding hydrogens is 507 g/mol. The number of para-hydroxylation sites is 1. The molecule has 0 aliphatic rings. The lowest BCUT2D eigenvalue weighted by atomic mass is 10.3. The van der Waals surface area contributed by atoms with Crippen LogP contribution in [0.15, 0.2) is 72.8 Å². The molecule has 0 unspecified atom stereocenters. The van der Waals surface area contributed by atoms with E-state index in [4.69, 9.17) is 32.2 Å². The van der Waals surface area contributed by atoms with Gasteiger partial charge in [0.25, 0.3) is 0 Å². The van der Waals surface area contributed by atoms with Crippen molar-refractivity contribution in [3.8, 4) is 11.5 Å². The van der Waals surface area contributed by atoms with Gasteiger partial charge in [-0.15, -0.1) is 0 Å². The zero-order valence-corrected chi connectivity index (χ0v) is 17.8. The van der Waals surface area contributed by atoms with E-state index in [1.807, 2.05) is 18.2 Å². The summed E-state index contributed by atoms with van der Waals surface area (Å²) < 4.78 is 25.7. The van der Waals surface area contributed by atoms with E-state index in [0.717, 1.165) is 3.57 Å². The Labute approximate surface area is 175 Å². The third kappa shape index (κ3) is 5.30. The summed E-state index contributed by atoms with van der Waals surface area (Å²) in [6.07, 6.45) is 0. The summed E-state index contributed by atoms with van der Waals surface area (Å²) in [7, 11) is -3.78. The minimum atomic E-state index is -3.78. The maximum atomic E-state index is 13.4. The Bertz CT molecular complexity index is 884.